The van der Waals surface area contributed by atoms with Crippen LogP contribution < -0.4 is 4.74 Å². The molecule has 4 aromatic rings. The van der Waals surface area contributed by atoms with Crippen molar-refractivity contribution in [2.45, 2.75) is 0 Å². The molecule has 3 heterocycles. The number of ether oxygens (including phenoxy) is 1. The average Bonchev–Trinajstić information content (AvgIpc) is 3.19. The van der Waals surface area contributed by atoms with E-state index < -0.39 is 0 Å². The lowest BCUT2D eigenvalue weighted by Crippen LogP contribution is -1.89. The monoisotopic (exact) mass is 329 g/mol. The number of rotatable bonds is 4. The fourth-order valence-corrected chi connectivity index (χ4v) is 2.52. The van der Waals surface area contributed by atoms with Crippen LogP contribution in [-0.2, 0) is 0 Å². The summed E-state index contributed by atoms with van der Waals surface area (Å²) in [5, 5.41) is 7.26. The number of methoxy groups -OCH3 is 1. The number of benzene rings is 1. The highest BCUT2D eigenvalue weighted by Crippen LogP contribution is 2.25. The molecule has 0 unspecified atom stereocenters. The van der Waals surface area contributed by atoms with Crippen LogP contribution >= 0.6 is 0 Å². The van der Waals surface area contributed by atoms with E-state index in [1.807, 2.05) is 48.5 Å². The largest absolute Gasteiger partial charge is 0.495 e. The lowest BCUT2D eigenvalue weighted by atomic mass is 10.1. The number of nitrogens with one attached hydrogen (secondary N) is 1. The minimum Gasteiger partial charge on any atom is -0.495 e. The minimum absolute atomic E-state index is 0.552. The molecule has 0 bridgehead atoms. The first-order valence-corrected chi connectivity index (χ1v) is 7.77. The second-order valence-corrected chi connectivity index (χ2v) is 5.42. The Morgan fingerprint density at radius 3 is 2.64 bits per heavy atom. The summed E-state index contributed by atoms with van der Waals surface area (Å²) < 4.78 is 5.24. The summed E-state index contributed by atoms with van der Waals surface area (Å²) in [4.78, 5) is 13.1. The second-order valence-electron chi connectivity index (χ2n) is 5.42. The van der Waals surface area contributed by atoms with Crippen LogP contribution in [0, 0.1) is 0 Å². The molecule has 122 valence electrons. The Balaban J connectivity index is 1.69. The highest BCUT2D eigenvalue weighted by molar-refractivity contribution is 5.69. The average molecular weight is 329 g/mol. The number of aromatic nitrogens is 5. The fraction of sp³-hybridized carbons (Fsp3) is 0.0526. The quantitative estimate of drug-likeness (QED) is 0.619. The van der Waals surface area contributed by atoms with Crippen molar-refractivity contribution in [1.29, 1.82) is 0 Å². The minimum atomic E-state index is 0.552. The molecule has 0 spiro atoms. The first-order valence-electron chi connectivity index (χ1n) is 7.77. The highest BCUT2D eigenvalue weighted by atomic mass is 16.5. The molecule has 3 aromatic heterocycles. The van der Waals surface area contributed by atoms with E-state index in [1.54, 1.807) is 25.7 Å². The molecule has 0 atom stereocenters. The molecule has 6 heteroatoms. The molecular formula is C19H15N5O. The highest BCUT2D eigenvalue weighted by Gasteiger charge is 2.10. The van der Waals surface area contributed by atoms with Crippen molar-refractivity contribution in [3.63, 3.8) is 0 Å². The molecule has 0 amide bonds. The maximum Gasteiger partial charge on any atom is 0.200 e. The van der Waals surface area contributed by atoms with Crippen LogP contribution in [0.4, 0.5) is 0 Å². The van der Waals surface area contributed by atoms with Gasteiger partial charge in [0.2, 0.25) is 0 Å². The van der Waals surface area contributed by atoms with E-state index in [4.69, 9.17) is 4.74 Å². The van der Waals surface area contributed by atoms with E-state index in [-0.39, 0.29) is 0 Å². The first kappa shape index (κ1) is 15.0. The van der Waals surface area contributed by atoms with Crippen molar-refractivity contribution >= 4 is 0 Å². The number of H-pyrrole nitrogens is 1. The molecule has 0 fully saturated rings. The van der Waals surface area contributed by atoms with Crippen molar-refractivity contribution < 1.29 is 4.74 Å². The van der Waals surface area contributed by atoms with Crippen LogP contribution in [0.3, 0.4) is 0 Å². The van der Waals surface area contributed by atoms with E-state index >= 15 is 0 Å². The SMILES string of the molecule is COc1cncc(-c2ccnc(-c3n[nH]c(-c4ccccc4)n3)c2)c1. The number of aromatic amines is 1. The third kappa shape index (κ3) is 3.10. The third-order valence-electron chi connectivity index (χ3n) is 3.80. The summed E-state index contributed by atoms with van der Waals surface area (Å²) in [7, 11) is 1.62. The van der Waals surface area contributed by atoms with Crippen LogP contribution in [0.1, 0.15) is 0 Å². The summed E-state index contributed by atoms with van der Waals surface area (Å²) >= 11 is 0. The van der Waals surface area contributed by atoms with Crippen molar-refractivity contribution in [1.82, 2.24) is 25.1 Å². The smallest absolute Gasteiger partial charge is 0.200 e. The van der Waals surface area contributed by atoms with Crippen molar-refractivity contribution in [3.05, 3.63) is 67.1 Å². The summed E-state index contributed by atoms with van der Waals surface area (Å²) in [6.07, 6.45) is 5.20. The van der Waals surface area contributed by atoms with Gasteiger partial charge in [-0.2, -0.15) is 5.10 Å². The van der Waals surface area contributed by atoms with Gasteiger partial charge >= 0.3 is 0 Å². The molecule has 1 aromatic carbocycles. The van der Waals surface area contributed by atoms with E-state index in [0.29, 0.717) is 23.1 Å². The predicted molar refractivity (Wildman–Crippen MR) is 94.8 cm³/mol. The molecule has 1 N–H and O–H groups in total. The molecule has 0 radical (unpaired) electrons. The van der Waals surface area contributed by atoms with Gasteiger partial charge < -0.3 is 4.74 Å². The Bertz CT molecular complexity index is 997. The number of hydrogen-bond donors (Lipinski definition) is 1. The molecule has 0 saturated carbocycles. The van der Waals surface area contributed by atoms with Gasteiger partial charge in [0, 0.05) is 23.5 Å². The Labute approximate surface area is 144 Å². The fourth-order valence-electron chi connectivity index (χ4n) is 2.52. The van der Waals surface area contributed by atoms with Gasteiger partial charge in [-0.15, -0.1) is 0 Å². The molecule has 0 aliphatic carbocycles. The van der Waals surface area contributed by atoms with Crippen LogP contribution in [0.5, 0.6) is 5.75 Å². The second kappa shape index (κ2) is 6.52. The van der Waals surface area contributed by atoms with Gasteiger partial charge in [0.05, 0.1) is 13.3 Å². The van der Waals surface area contributed by atoms with Gasteiger partial charge in [-0.3, -0.25) is 15.1 Å². The van der Waals surface area contributed by atoms with Gasteiger partial charge in [0.1, 0.15) is 11.4 Å². The van der Waals surface area contributed by atoms with Gasteiger partial charge in [-0.05, 0) is 23.8 Å². The number of nitrogens with zero attached hydrogens (tertiary/aromatic N) is 4. The van der Waals surface area contributed by atoms with Crippen LogP contribution in [-0.4, -0.2) is 32.3 Å². The molecular weight excluding hydrogens is 314 g/mol. The van der Waals surface area contributed by atoms with E-state index in [1.165, 1.54) is 0 Å². The van der Waals surface area contributed by atoms with Gasteiger partial charge in [0.15, 0.2) is 11.6 Å². The standard InChI is InChI=1S/C19H15N5O/c1-25-16-9-15(11-20-12-16)14-7-8-21-17(10-14)19-22-18(23-24-19)13-5-3-2-4-6-13/h2-12H,1H3,(H,22,23,24). The Kier molecular flexibility index (Phi) is 3.92. The Morgan fingerprint density at radius 1 is 0.920 bits per heavy atom. The summed E-state index contributed by atoms with van der Waals surface area (Å²) in [5.41, 5.74) is 3.59. The Hall–Kier alpha value is -3.54. The van der Waals surface area contributed by atoms with E-state index in [2.05, 4.69) is 25.1 Å². The third-order valence-corrected chi connectivity index (χ3v) is 3.80. The maximum absolute atomic E-state index is 5.24. The maximum atomic E-state index is 5.24. The predicted octanol–water partition coefficient (Wildman–Crippen LogP) is 3.60. The zero-order chi connectivity index (χ0) is 17.1. The molecule has 0 aliphatic rings. The van der Waals surface area contributed by atoms with Crippen molar-refractivity contribution in [2.24, 2.45) is 0 Å². The zero-order valence-corrected chi connectivity index (χ0v) is 13.5. The van der Waals surface area contributed by atoms with Crippen molar-refractivity contribution in [3.8, 4) is 39.8 Å². The van der Waals surface area contributed by atoms with Gasteiger partial charge in [0.25, 0.3) is 0 Å². The van der Waals surface area contributed by atoms with Crippen LogP contribution in [0.25, 0.3) is 34.0 Å². The van der Waals surface area contributed by atoms with Gasteiger partial charge in [-0.1, -0.05) is 30.3 Å². The number of pyridine rings is 2. The first-order chi connectivity index (χ1) is 12.3. The normalized spacial score (nSPS) is 10.6. The molecule has 4 rings (SSSR count). The van der Waals surface area contributed by atoms with Crippen LogP contribution in [0.2, 0.25) is 0 Å². The summed E-state index contributed by atoms with van der Waals surface area (Å²) in [5.74, 6) is 1.97. The van der Waals surface area contributed by atoms with E-state index in [9.17, 15) is 0 Å². The van der Waals surface area contributed by atoms with Gasteiger partial charge in [-0.25, -0.2) is 4.98 Å². The Morgan fingerprint density at radius 2 is 1.80 bits per heavy atom. The summed E-state index contributed by atoms with van der Waals surface area (Å²) in [6.45, 7) is 0. The van der Waals surface area contributed by atoms with Crippen molar-refractivity contribution in [2.75, 3.05) is 7.11 Å². The molecule has 0 saturated heterocycles. The lowest BCUT2D eigenvalue weighted by molar-refractivity contribution is 0.413. The topological polar surface area (TPSA) is 76.6 Å². The van der Waals surface area contributed by atoms with Crippen LogP contribution in [0.15, 0.2) is 67.1 Å². The summed E-state index contributed by atoms with van der Waals surface area (Å²) in [6, 6.07) is 15.6. The molecule has 25 heavy (non-hydrogen) atoms. The lowest BCUT2D eigenvalue weighted by Gasteiger charge is -2.04. The zero-order valence-electron chi connectivity index (χ0n) is 13.5. The van der Waals surface area contributed by atoms with E-state index in [0.717, 1.165) is 16.7 Å². The molecule has 0 aliphatic heterocycles. The molecule has 6 nitrogen and oxygen atoms in total. The number of hydrogen-bond acceptors (Lipinski definition) is 5.